The molecule has 3 N–H and O–H groups in total. The predicted molar refractivity (Wildman–Crippen MR) is 49.9 cm³/mol. The zero-order valence-corrected chi connectivity index (χ0v) is 7.43. The largest absolute Gasteiger partial charge is 0.477 e. The number of aryl methyl sites for hydroxylation is 1. The van der Waals surface area contributed by atoms with Gasteiger partial charge in [-0.15, -0.1) is 0 Å². The van der Waals surface area contributed by atoms with E-state index in [2.05, 4.69) is 9.97 Å². The molecule has 2 heterocycles. The number of carboxylic acid groups (broad SMARTS) is 1. The molecule has 0 fully saturated rings. The summed E-state index contributed by atoms with van der Waals surface area (Å²) in [6.07, 6.45) is 2.97. The van der Waals surface area contributed by atoms with E-state index in [0.29, 0.717) is 11.2 Å². The summed E-state index contributed by atoms with van der Waals surface area (Å²) >= 11 is 0. The number of aromatic carboxylic acids is 1. The topological polar surface area (TPSA) is 94.0 Å². The maximum absolute atomic E-state index is 10.9. The molecule has 0 saturated heterocycles. The van der Waals surface area contributed by atoms with Gasteiger partial charge in [-0.3, -0.25) is 0 Å². The number of nitrogens with zero attached hydrogens (tertiary/aromatic N) is 3. The van der Waals surface area contributed by atoms with Gasteiger partial charge in [0.25, 0.3) is 0 Å². The highest BCUT2D eigenvalue weighted by Gasteiger charge is 2.19. The average molecular weight is 192 g/mol. The van der Waals surface area contributed by atoms with Crippen molar-refractivity contribution >= 4 is 22.8 Å². The van der Waals surface area contributed by atoms with E-state index >= 15 is 0 Å². The van der Waals surface area contributed by atoms with Crippen molar-refractivity contribution in [1.29, 1.82) is 0 Å². The highest BCUT2D eigenvalue weighted by atomic mass is 16.4. The molecule has 0 aliphatic rings. The highest BCUT2D eigenvalue weighted by molar-refractivity contribution is 6.02. The monoisotopic (exact) mass is 192 g/mol. The van der Waals surface area contributed by atoms with Crippen LogP contribution in [0.3, 0.4) is 0 Å². The van der Waals surface area contributed by atoms with Gasteiger partial charge in [-0.05, 0) is 0 Å². The Kier molecular flexibility index (Phi) is 1.63. The number of anilines is 1. The van der Waals surface area contributed by atoms with Crippen LogP contribution in [0.2, 0.25) is 0 Å². The molecule has 0 aliphatic heterocycles. The van der Waals surface area contributed by atoms with E-state index in [-0.39, 0.29) is 11.4 Å². The summed E-state index contributed by atoms with van der Waals surface area (Å²) in [7, 11) is 1.59. The summed E-state index contributed by atoms with van der Waals surface area (Å²) in [5.41, 5.74) is 6.71. The first kappa shape index (κ1) is 8.49. The van der Waals surface area contributed by atoms with Crippen LogP contribution < -0.4 is 5.73 Å². The number of hydrogen-bond acceptors (Lipinski definition) is 4. The Morgan fingerprint density at radius 3 is 2.71 bits per heavy atom. The van der Waals surface area contributed by atoms with Crippen LogP contribution in [0, 0.1) is 0 Å². The van der Waals surface area contributed by atoms with Crippen molar-refractivity contribution in [2.24, 2.45) is 7.05 Å². The molecule has 0 aromatic carbocycles. The summed E-state index contributed by atoms with van der Waals surface area (Å²) in [6, 6.07) is 0. The van der Waals surface area contributed by atoms with Gasteiger partial charge in [0.2, 0.25) is 0 Å². The Morgan fingerprint density at radius 1 is 1.50 bits per heavy atom. The van der Waals surface area contributed by atoms with Gasteiger partial charge in [-0.2, -0.15) is 0 Å². The standard InChI is InChI=1S/C8H8N4O2/c1-12-6(8(13)14)4(9)5-7(12)11-3-2-10-5/h2-3H,9H2,1H3,(H,13,14). The molecule has 0 saturated carbocycles. The number of hydrogen-bond donors (Lipinski definition) is 2. The van der Waals surface area contributed by atoms with Crippen molar-refractivity contribution in [2.75, 3.05) is 5.73 Å². The van der Waals surface area contributed by atoms with E-state index in [9.17, 15) is 4.79 Å². The molecule has 0 aliphatic carbocycles. The van der Waals surface area contributed by atoms with Gasteiger partial charge in [0.1, 0.15) is 5.52 Å². The highest BCUT2D eigenvalue weighted by Crippen LogP contribution is 2.23. The summed E-state index contributed by atoms with van der Waals surface area (Å²) in [5, 5.41) is 8.89. The third kappa shape index (κ3) is 0.936. The average Bonchev–Trinajstić information content (AvgIpc) is 2.41. The molecule has 0 atom stereocenters. The first-order chi connectivity index (χ1) is 6.63. The predicted octanol–water partition coefficient (Wildman–Crippen LogP) is 0.249. The lowest BCUT2D eigenvalue weighted by Crippen LogP contribution is -2.07. The van der Waals surface area contributed by atoms with Gasteiger partial charge >= 0.3 is 5.97 Å². The molecule has 0 radical (unpaired) electrons. The molecule has 14 heavy (non-hydrogen) atoms. The molecule has 2 aromatic rings. The smallest absolute Gasteiger partial charge is 0.354 e. The minimum Gasteiger partial charge on any atom is -0.477 e. The summed E-state index contributed by atoms with van der Waals surface area (Å²) < 4.78 is 1.42. The quantitative estimate of drug-likeness (QED) is 0.675. The number of carbonyl (C=O) groups is 1. The first-order valence-electron chi connectivity index (χ1n) is 3.91. The van der Waals surface area contributed by atoms with Crippen molar-refractivity contribution in [3.63, 3.8) is 0 Å². The summed E-state index contributed by atoms with van der Waals surface area (Å²) in [5.74, 6) is -1.08. The Hall–Kier alpha value is -2.11. The number of nitrogens with two attached hydrogens (primary N) is 1. The molecule has 0 bridgehead atoms. The van der Waals surface area contributed by atoms with E-state index < -0.39 is 5.97 Å². The zero-order valence-electron chi connectivity index (χ0n) is 7.43. The van der Waals surface area contributed by atoms with E-state index in [0.717, 1.165) is 0 Å². The molecule has 2 rings (SSSR count). The lowest BCUT2D eigenvalue weighted by Gasteiger charge is -1.96. The van der Waals surface area contributed by atoms with Crippen LogP contribution in [0.5, 0.6) is 0 Å². The molecule has 0 spiro atoms. The van der Waals surface area contributed by atoms with Crippen molar-refractivity contribution in [3.05, 3.63) is 18.1 Å². The lowest BCUT2D eigenvalue weighted by molar-refractivity contribution is 0.0688. The Morgan fingerprint density at radius 2 is 2.14 bits per heavy atom. The van der Waals surface area contributed by atoms with Crippen molar-refractivity contribution in [2.45, 2.75) is 0 Å². The van der Waals surface area contributed by atoms with Crippen LogP contribution in [-0.2, 0) is 7.05 Å². The summed E-state index contributed by atoms with van der Waals surface area (Å²) in [6.45, 7) is 0. The number of rotatable bonds is 1. The molecule has 6 nitrogen and oxygen atoms in total. The first-order valence-corrected chi connectivity index (χ1v) is 3.91. The van der Waals surface area contributed by atoms with Gasteiger partial charge in [0, 0.05) is 19.4 Å². The third-order valence-corrected chi connectivity index (χ3v) is 2.04. The molecule has 0 amide bonds. The van der Waals surface area contributed by atoms with Gasteiger partial charge in [0.05, 0.1) is 5.69 Å². The maximum atomic E-state index is 10.9. The number of nitrogen functional groups attached to an aromatic ring is 1. The van der Waals surface area contributed by atoms with E-state index in [1.165, 1.54) is 17.0 Å². The Bertz CT molecular complexity index is 478. The molecular weight excluding hydrogens is 184 g/mol. The van der Waals surface area contributed by atoms with Crippen LogP contribution in [0.1, 0.15) is 10.5 Å². The fourth-order valence-electron chi connectivity index (χ4n) is 1.42. The van der Waals surface area contributed by atoms with Gasteiger partial charge in [-0.25, -0.2) is 14.8 Å². The minimum atomic E-state index is -1.08. The molecular formula is C8H8N4O2. The van der Waals surface area contributed by atoms with Crippen LogP contribution in [0.25, 0.3) is 11.2 Å². The minimum absolute atomic E-state index is 0.0196. The van der Waals surface area contributed by atoms with E-state index in [1.807, 2.05) is 0 Å². The Labute approximate surface area is 79.0 Å². The maximum Gasteiger partial charge on any atom is 0.354 e. The molecule has 0 unspecified atom stereocenters. The van der Waals surface area contributed by atoms with Crippen LogP contribution in [0.4, 0.5) is 5.69 Å². The number of carboxylic acids is 1. The van der Waals surface area contributed by atoms with Crippen molar-refractivity contribution in [3.8, 4) is 0 Å². The van der Waals surface area contributed by atoms with Crippen molar-refractivity contribution in [1.82, 2.24) is 14.5 Å². The summed E-state index contributed by atoms with van der Waals surface area (Å²) in [4.78, 5) is 18.8. The van der Waals surface area contributed by atoms with Gasteiger partial charge in [-0.1, -0.05) is 0 Å². The fraction of sp³-hybridized carbons (Fsp3) is 0.125. The second kappa shape index (κ2) is 2.69. The van der Waals surface area contributed by atoms with Gasteiger partial charge < -0.3 is 15.4 Å². The number of fused-ring (bicyclic) bond motifs is 1. The second-order valence-corrected chi connectivity index (χ2v) is 2.86. The molecule has 2 aromatic heterocycles. The van der Waals surface area contributed by atoms with E-state index in [1.54, 1.807) is 7.05 Å². The number of aromatic nitrogens is 3. The van der Waals surface area contributed by atoms with E-state index in [4.69, 9.17) is 10.8 Å². The normalized spacial score (nSPS) is 10.6. The van der Waals surface area contributed by atoms with Gasteiger partial charge in [0.15, 0.2) is 11.3 Å². The molecule has 72 valence electrons. The van der Waals surface area contributed by atoms with Crippen LogP contribution in [0.15, 0.2) is 12.4 Å². The third-order valence-electron chi connectivity index (χ3n) is 2.04. The van der Waals surface area contributed by atoms with Crippen molar-refractivity contribution < 1.29 is 9.90 Å². The lowest BCUT2D eigenvalue weighted by atomic mass is 10.3. The Balaban J connectivity index is 2.92. The zero-order chi connectivity index (χ0) is 10.3. The SMILES string of the molecule is Cn1c(C(=O)O)c(N)c2nccnc21. The van der Waals surface area contributed by atoms with Crippen LogP contribution in [-0.4, -0.2) is 25.6 Å². The second-order valence-electron chi connectivity index (χ2n) is 2.86. The fourth-order valence-corrected chi connectivity index (χ4v) is 1.42. The van der Waals surface area contributed by atoms with Crippen LogP contribution >= 0.6 is 0 Å². The molecule has 6 heteroatoms.